The molecule has 0 heterocycles. The van der Waals surface area contributed by atoms with E-state index in [9.17, 15) is 4.79 Å². The molecular weight excluding hydrogens is 256 g/mol. The van der Waals surface area contributed by atoms with Crippen LogP contribution in [-0.2, 0) is 6.61 Å². The van der Waals surface area contributed by atoms with E-state index >= 15 is 0 Å². The Morgan fingerprint density at radius 2 is 1.90 bits per heavy atom. The fraction of sp³-hybridized carbons (Fsp3) is 0.133. The van der Waals surface area contributed by atoms with Gasteiger partial charge in [0.05, 0.1) is 7.11 Å². The number of rotatable bonds is 5. The standard InChI is InChI=1S/C15H16N2O3/c1-19-12-6-4-7-13(9-12)20-10-11-5-2-3-8-14(11)15(18)17-16/h2-9H,10,16H2,1H3,(H,17,18). The van der Waals surface area contributed by atoms with Crippen molar-refractivity contribution in [2.24, 2.45) is 5.84 Å². The first-order valence-electron chi connectivity index (χ1n) is 6.10. The van der Waals surface area contributed by atoms with Gasteiger partial charge in [-0.2, -0.15) is 0 Å². The molecule has 5 nitrogen and oxygen atoms in total. The highest BCUT2D eigenvalue weighted by molar-refractivity contribution is 5.95. The summed E-state index contributed by atoms with van der Waals surface area (Å²) in [5, 5.41) is 0. The summed E-state index contributed by atoms with van der Waals surface area (Å²) in [7, 11) is 1.60. The van der Waals surface area contributed by atoms with Gasteiger partial charge in [-0.05, 0) is 18.2 Å². The number of benzene rings is 2. The predicted octanol–water partition coefficient (Wildman–Crippen LogP) is 1.88. The van der Waals surface area contributed by atoms with Crippen molar-refractivity contribution in [3.63, 3.8) is 0 Å². The van der Waals surface area contributed by atoms with E-state index in [-0.39, 0.29) is 12.5 Å². The van der Waals surface area contributed by atoms with Gasteiger partial charge in [0.25, 0.3) is 5.91 Å². The van der Waals surface area contributed by atoms with Crippen molar-refractivity contribution in [3.05, 3.63) is 59.7 Å². The Hall–Kier alpha value is -2.53. The third kappa shape index (κ3) is 3.27. The second-order valence-corrected chi connectivity index (χ2v) is 4.10. The van der Waals surface area contributed by atoms with Crippen molar-refractivity contribution in [1.82, 2.24) is 5.43 Å². The smallest absolute Gasteiger partial charge is 0.265 e. The molecule has 5 heteroatoms. The van der Waals surface area contributed by atoms with Gasteiger partial charge in [-0.3, -0.25) is 10.2 Å². The van der Waals surface area contributed by atoms with Gasteiger partial charge in [-0.15, -0.1) is 0 Å². The maximum absolute atomic E-state index is 11.6. The SMILES string of the molecule is COc1cccc(OCc2ccccc2C(=O)NN)c1. The predicted molar refractivity (Wildman–Crippen MR) is 75.4 cm³/mol. The van der Waals surface area contributed by atoms with Gasteiger partial charge in [0.15, 0.2) is 0 Å². The third-order valence-electron chi connectivity index (χ3n) is 2.83. The summed E-state index contributed by atoms with van der Waals surface area (Å²) in [5.41, 5.74) is 3.38. The first-order valence-corrected chi connectivity index (χ1v) is 6.10. The molecular formula is C15H16N2O3. The van der Waals surface area contributed by atoms with Crippen LogP contribution >= 0.6 is 0 Å². The van der Waals surface area contributed by atoms with Gasteiger partial charge in [0, 0.05) is 17.2 Å². The van der Waals surface area contributed by atoms with Crippen LogP contribution in [0.4, 0.5) is 0 Å². The Morgan fingerprint density at radius 1 is 1.15 bits per heavy atom. The molecule has 2 aromatic carbocycles. The quantitative estimate of drug-likeness (QED) is 0.495. The number of hydrogen-bond donors (Lipinski definition) is 2. The zero-order chi connectivity index (χ0) is 14.4. The summed E-state index contributed by atoms with van der Waals surface area (Å²) in [6, 6.07) is 14.4. The summed E-state index contributed by atoms with van der Waals surface area (Å²) in [5.74, 6) is 6.21. The average molecular weight is 272 g/mol. The van der Waals surface area contributed by atoms with Crippen LogP contribution in [0.15, 0.2) is 48.5 Å². The van der Waals surface area contributed by atoms with Gasteiger partial charge in [0.1, 0.15) is 18.1 Å². The third-order valence-corrected chi connectivity index (χ3v) is 2.83. The number of carbonyl (C=O) groups excluding carboxylic acids is 1. The number of ether oxygens (including phenoxy) is 2. The summed E-state index contributed by atoms with van der Waals surface area (Å²) < 4.78 is 10.8. The largest absolute Gasteiger partial charge is 0.497 e. The molecule has 3 N–H and O–H groups in total. The highest BCUT2D eigenvalue weighted by Crippen LogP contribution is 2.20. The van der Waals surface area contributed by atoms with Crippen molar-refractivity contribution in [2.45, 2.75) is 6.61 Å². The molecule has 0 aliphatic rings. The minimum Gasteiger partial charge on any atom is -0.497 e. The fourth-order valence-electron chi connectivity index (χ4n) is 1.80. The van der Waals surface area contributed by atoms with E-state index in [1.807, 2.05) is 30.3 Å². The Labute approximate surface area is 117 Å². The number of amides is 1. The van der Waals surface area contributed by atoms with Crippen LogP contribution in [0.5, 0.6) is 11.5 Å². The summed E-state index contributed by atoms with van der Waals surface area (Å²) in [4.78, 5) is 11.6. The number of carbonyl (C=O) groups is 1. The van der Waals surface area contributed by atoms with E-state index in [2.05, 4.69) is 5.43 Å². The lowest BCUT2D eigenvalue weighted by Crippen LogP contribution is -2.30. The average Bonchev–Trinajstić information content (AvgIpc) is 2.52. The van der Waals surface area contributed by atoms with Crippen molar-refractivity contribution in [1.29, 1.82) is 0 Å². The molecule has 2 aromatic rings. The van der Waals surface area contributed by atoms with Gasteiger partial charge < -0.3 is 9.47 Å². The molecule has 0 aromatic heterocycles. The molecule has 0 saturated heterocycles. The molecule has 0 saturated carbocycles. The van der Waals surface area contributed by atoms with Crippen LogP contribution in [0.25, 0.3) is 0 Å². The molecule has 104 valence electrons. The number of nitrogens with two attached hydrogens (primary N) is 1. The first-order chi connectivity index (χ1) is 9.74. The van der Waals surface area contributed by atoms with Crippen LogP contribution in [0.2, 0.25) is 0 Å². The van der Waals surface area contributed by atoms with Gasteiger partial charge in [0.2, 0.25) is 0 Å². The van der Waals surface area contributed by atoms with E-state index in [0.717, 1.165) is 11.3 Å². The Balaban J connectivity index is 2.12. The van der Waals surface area contributed by atoms with Crippen molar-refractivity contribution in [2.75, 3.05) is 7.11 Å². The van der Waals surface area contributed by atoms with E-state index in [0.29, 0.717) is 11.3 Å². The topological polar surface area (TPSA) is 73.6 Å². The highest BCUT2D eigenvalue weighted by Gasteiger charge is 2.09. The zero-order valence-electron chi connectivity index (χ0n) is 11.1. The van der Waals surface area contributed by atoms with E-state index < -0.39 is 0 Å². The minimum atomic E-state index is -0.338. The van der Waals surface area contributed by atoms with Crippen molar-refractivity contribution >= 4 is 5.91 Å². The number of hydrazine groups is 1. The van der Waals surface area contributed by atoms with Crippen LogP contribution < -0.4 is 20.7 Å². The van der Waals surface area contributed by atoms with Crippen molar-refractivity contribution in [3.8, 4) is 11.5 Å². The fourth-order valence-corrected chi connectivity index (χ4v) is 1.80. The normalized spacial score (nSPS) is 9.90. The molecule has 0 aliphatic heterocycles. The monoisotopic (exact) mass is 272 g/mol. The van der Waals surface area contributed by atoms with E-state index in [1.165, 1.54) is 0 Å². The molecule has 20 heavy (non-hydrogen) atoms. The van der Waals surface area contributed by atoms with Crippen LogP contribution in [0.1, 0.15) is 15.9 Å². The molecule has 1 amide bonds. The molecule has 0 spiro atoms. The molecule has 0 fully saturated rings. The highest BCUT2D eigenvalue weighted by atomic mass is 16.5. The van der Waals surface area contributed by atoms with Crippen LogP contribution in [-0.4, -0.2) is 13.0 Å². The number of nitrogen functional groups attached to an aromatic ring is 1. The molecule has 0 radical (unpaired) electrons. The molecule has 0 atom stereocenters. The van der Waals surface area contributed by atoms with Crippen LogP contribution in [0.3, 0.4) is 0 Å². The molecule has 0 unspecified atom stereocenters. The van der Waals surface area contributed by atoms with Gasteiger partial charge in [-0.1, -0.05) is 24.3 Å². The number of methoxy groups -OCH3 is 1. The second-order valence-electron chi connectivity index (χ2n) is 4.10. The van der Waals surface area contributed by atoms with Gasteiger partial charge in [-0.25, -0.2) is 5.84 Å². The van der Waals surface area contributed by atoms with E-state index in [1.54, 1.807) is 25.3 Å². The van der Waals surface area contributed by atoms with Gasteiger partial charge >= 0.3 is 0 Å². The Bertz CT molecular complexity index is 599. The second kappa shape index (κ2) is 6.58. The molecule has 0 aliphatic carbocycles. The zero-order valence-corrected chi connectivity index (χ0v) is 11.1. The summed E-state index contributed by atoms with van der Waals surface area (Å²) in [6.07, 6.45) is 0. The maximum Gasteiger partial charge on any atom is 0.265 e. The Morgan fingerprint density at radius 3 is 2.65 bits per heavy atom. The maximum atomic E-state index is 11.6. The lowest BCUT2D eigenvalue weighted by molar-refractivity contribution is 0.0951. The number of nitrogens with one attached hydrogen (secondary N) is 1. The Kier molecular flexibility index (Phi) is 4.57. The summed E-state index contributed by atoms with van der Waals surface area (Å²) in [6.45, 7) is 0.275. The van der Waals surface area contributed by atoms with Crippen molar-refractivity contribution < 1.29 is 14.3 Å². The van der Waals surface area contributed by atoms with Crippen LogP contribution in [0, 0.1) is 0 Å². The first kappa shape index (κ1) is 13.9. The minimum absolute atomic E-state index is 0.275. The van der Waals surface area contributed by atoms with E-state index in [4.69, 9.17) is 15.3 Å². The molecule has 2 rings (SSSR count). The molecule has 0 bridgehead atoms. The lowest BCUT2D eigenvalue weighted by atomic mass is 10.1. The summed E-state index contributed by atoms with van der Waals surface area (Å²) >= 11 is 0. The number of hydrogen-bond acceptors (Lipinski definition) is 4. The lowest BCUT2D eigenvalue weighted by Gasteiger charge is -2.10.